The molecule has 4 heteroatoms. The zero-order valence-electron chi connectivity index (χ0n) is 9.49. The van der Waals surface area contributed by atoms with Gasteiger partial charge in [-0.05, 0) is 26.3 Å². The van der Waals surface area contributed by atoms with Gasteiger partial charge in [0.1, 0.15) is 5.78 Å². The number of Topliss-reactive ketones (excluding diaryl/α,β-unsaturated/α-hetero) is 1. The normalized spacial score (nSPS) is 22.4. The lowest BCUT2D eigenvalue weighted by molar-refractivity contribution is -0.141. The molecule has 0 amide bonds. The molecule has 0 N–H and O–H groups in total. The maximum Gasteiger partial charge on any atom is 0.306 e. The first kappa shape index (κ1) is 12.2. The third kappa shape index (κ3) is 3.63. The number of nitrogens with zero attached hydrogens (tertiary/aromatic N) is 1. The van der Waals surface area contributed by atoms with E-state index in [9.17, 15) is 9.59 Å². The van der Waals surface area contributed by atoms with E-state index in [1.165, 1.54) is 7.11 Å². The van der Waals surface area contributed by atoms with Crippen molar-refractivity contribution in [3.63, 3.8) is 0 Å². The summed E-state index contributed by atoms with van der Waals surface area (Å²) in [5, 5.41) is 0. The zero-order chi connectivity index (χ0) is 11.3. The Labute approximate surface area is 90.6 Å². The van der Waals surface area contributed by atoms with Crippen LogP contribution in [0.25, 0.3) is 0 Å². The van der Waals surface area contributed by atoms with Crippen molar-refractivity contribution in [1.29, 1.82) is 0 Å². The van der Waals surface area contributed by atoms with Gasteiger partial charge >= 0.3 is 5.97 Å². The number of hydrogen-bond acceptors (Lipinski definition) is 4. The first-order valence-electron chi connectivity index (χ1n) is 5.46. The number of rotatable bonds is 4. The number of ether oxygens (including phenoxy) is 1. The number of piperidine rings is 1. The SMILES string of the molecule is COC(=O)CCN1CCCCC1C(C)=O. The highest BCUT2D eigenvalue weighted by Crippen LogP contribution is 2.17. The number of likely N-dealkylation sites (tertiary alicyclic amines) is 1. The summed E-state index contributed by atoms with van der Waals surface area (Å²) in [5.41, 5.74) is 0. The molecule has 0 aromatic rings. The highest BCUT2D eigenvalue weighted by Gasteiger charge is 2.25. The summed E-state index contributed by atoms with van der Waals surface area (Å²) in [4.78, 5) is 24.5. The van der Waals surface area contributed by atoms with E-state index < -0.39 is 0 Å². The van der Waals surface area contributed by atoms with Crippen LogP contribution in [-0.4, -0.2) is 42.9 Å². The second kappa shape index (κ2) is 5.85. The Bertz CT molecular complexity index is 240. The highest BCUT2D eigenvalue weighted by atomic mass is 16.5. The standard InChI is InChI=1S/C11H19NO3/c1-9(13)10-5-3-4-7-12(10)8-6-11(14)15-2/h10H,3-8H2,1-2H3. The maximum absolute atomic E-state index is 11.4. The maximum atomic E-state index is 11.4. The second-order valence-electron chi connectivity index (χ2n) is 3.98. The Kier molecular flexibility index (Phi) is 4.75. The second-order valence-corrected chi connectivity index (χ2v) is 3.98. The summed E-state index contributed by atoms with van der Waals surface area (Å²) in [6.45, 7) is 3.18. The van der Waals surface area contributed by atoms with E-state index in [4.69, 9.17) is 0 Å². The van der Waals surface area contributed by atoms with Crippen molar-refractivity contribution in [1.82, 2.24) is 4.90 Å². The lowest BCUT2D eigenvalue weighted by atomic mass is 9.99. The third-order valence-corrected chi connectivity index (χ3v) is 2.91. The number of esters is 1. The molecule has 1 heterocycles. The Morgan fingerprint density at radius 1 is 1.40 bits per heavy atom. The number of hydrogen-bond donors (Lipinski definition) is 0. The number of carbonyl (C=O) groups excluding carboxylic acids is 2. The molecule has 1 aliphatic rings. The van der Waals surface area contributed by atoms with E-state index in [2.05, 4.69) is 9.64 Å². The molecule has 0 radical (unpaired) electrons. The molecule has 1 fully saturated rings. The fourth-order valence-corrected chi connectivity index (χ4v) is 2.06. The van der Waals surface area contributed by atoms with Gasteiger partial charge in [-0.2, -0.15) is 0 Å². The minimum Gasteiger partial charge on any atom is -0.469 e. The molecule has 0 bridgehead atoms. The molecule has 1 rings (SSSR count). The molecule has 0 saturated carbocycles. The fraction of sp³-hybridized carbons (Fsp3) is 0.818. The van der Waals surface area contributed by atoms with Crippen molar-refractivity contribution in [2.24, 2.45) is 0 Å². The van der Waals surface area contributed by atoms with Crippen molar-refractivity contribution in [2.45, 2.75) is 38.6 Å². The van der Waals surface area contributed by atoms with Gasteiger partial charge in [0.25, 0.3) is 0 Å². The van der Waals surface area contributed by atoms with E-state index in [1.807, 2.05) is 0 Å². The summed E-state index contributed by atoms with van der Waals surface area (Å²) in [6, 6.07) is 0.0170. The first-order valence-corrected chi connectivity index (χ1v) is 5.46. The molecule has 15 heavy (non-hydrogen) atoms. The predicted molar refractivity (Wildman–Crippen MR) is 56.5 cm³/mol. The van der Waals surface area contributed by atoms with Gasteiger partial charge in [0.05, 0.1) is 19.6 Å². The Hall–Kier alpha value is -0.900. The molecule has 0 spiro atoms. The summed E-state index contributed by atoms with van der Waals surface area (Å²) in [6.07, 6.45) is 3.53. The molecule has 1 unspecified atom stereocenters. The Morgan fingerprint density at radius 2 is 2.13 bits per heavy atom. The largest absolute Gasteiger partial charge is 0.469 e. The summed E-state index contributed by atoms with van der Waals surface area (Å²) < 4.78 is 4.59. The van der Waals surface area contributed by atoms with Crippen LogP contribution in [0.4, 0.5) is 0 Å². The van der Waals surface area contributed by atoms with Crippen LogP contribution in [0.3, 0.4) is 0 Å². The van der Waals surface area contributed by atoms with E-state index in [1.54, 1.807) is 6.92 Å². The third-order valence-electron chi connectivity index (χ3n) is 2.91. The van der Waals surface area contributed by atoms with Crippen LogP contribution < -0.4 is 0 Å². The molecule has 0 aromatic carbocycles. The van der Waals surface area contributed by atoms with Crippen molar-refractivity contribution >= 4 is 11.8 Å². The van der Waals surface area contributed by atoms with Crippen LogP contribution in [0.2, 0.25) is 0 Å². The van der Waals surface area contributed by atoms with Crippen molar-refractivity contribution < 1.29 is 14.3 Å². The molecule has 1 aliphatic heterocycles. The van der Waals surface area contributed by atoms with Gasteiger partial charge in [-0.3, -0.25) is 14.5 Å². The van der Waals surface area contributed by atoms with Crippen LogP contribution in [0.1, 0.15) is 32.6 Å². The highest BCUT2D eigenvalue weighted by molar-refractivity contribution is 5.81. The van der Waals surface area contributed by atoms with Crippen LogP contribution in [0, 0.1) is 0 Å². The Balaban J connectivity index is 2.42. The van der Waals surface area contributed by atoms with E-state index in [0.717, 1.165) is 25.8 Å². The van der Waals surface area contributed by atoms with Crippen LogP contribution >= 0.6 is 0 Å². The lowest BCUT2D eigenvalue weighted by Gasteiger charge is -2.33. The van der Waals surface area contributed by atoms with E-state index in [0.29, 0.717) is 13.0 Å². The molecule has 86 valence electrons. The van der Waals surface area contributed by atoms with Gasteiger partial charge < -0.3 is 4.74 Å². The van der Waals surface area contributed by atoms with Crippen molar-refractivity contribution in [3.05, 3.63) is 0 Å². The average molecular weight is 213 g/mol. The lowest BCUT2D eigenvalue weighted by Crippen LogP contribution is -2.44. The minimum atomic E-state index is -0.206. The zero-order valence-corrected chi connectivity index (χ0v) is 9.49. The predicted octanol–water partition coefficient (Wildman–Crippen LogP) is 0.993. The number of carbonyl (C=O) groups is 2. The molecular weight excluding hydrogens is 194 g/mol. The van der Waals surface area contributed by atoms with E-state index >= 15 is 0 Å². The molecule has 1 atom stereocenters. The number of ketones is 1. The monoisotopic (exact) mass is 213 g/mol. The fourth-order valence-electron chi connectivity index (χ4n) is 2.06. The van der Waals surface area contributed by atoms with Gasteiger partial charge in [-0.15, -0.1) is 0 Å². The van der Waals surface area contributed by atoms with Crippen LogP contribution in [-0.2, 0) is 14.3 Å². The summed E-state index contributed by atoms with van der Waals surface area (Å²) in [7, 11) is 1.39. The average Bonchev–Trinajstić information content (AvgIpc) is 2.26. The Morgan fingerprint density at radius 3 is 2.73 bits per heavy atom. The topological polar surface area (TPSA) is 46.6 Å². The molecule has 0 aromatic heterocycles. The van der Waals surface area contributed by atoms with Crippen LogP contribution in [0.15, 0.2) is 0 Å². The van der Waals surface area contributed by atoms with E-state index in [-0.39, 0.29) is 17.8 Å². The molecule has 4 nitrogen and oxygen atoms in total. The minimum absolute atomic E-state index is 0.0170. The van der Waals surface area contributed by atoms with Gasteiger partial charge in [0.2, 0.25) is 0 Å². The van der Waals surface area contributed by atoms with Crippen molar-refractivity contribution in [2.75, 3.05) is 20.2 Å². The van der Waals surface area contributed by atoms with Crippen LogP contribution in [0.5, 0.6) is 0 Å². The summed E-state index contributed by atoms with van der Waals surface area (Å²) >= 11 is 0. The van der Waals surface area contributed by atoms with Gasteiger partial charge in [0.15, 0.2) is 0 Å². The molecule has 0 aliphatic carbocycles. The summed E-state index contributed by atoms with van der Waals surface area (Å²) in [5.74, 6) is 0.00226. The van der Waals surface area contributed by atoms with Gasteiger partial charge in [-0.1, -0.05) is 6.42 Å². The van der Waals surface area contributed by atoms with Gasteiger partial charge in [-0.25, -0.2) is 0 Å². The van der Waals surface area contributed by atoms with Gasteiger partial charge in [0, 0.05) is 6.54 Å². The smallest absolute Gasteiger partial charge is 0.306 e. The van der Waals surface area contributed by atoms with Crippen molar-refractivity contribution in [3.8, 4) is 0 Å². The number of methoxy groups -OCH3 is 1. The first-order chi connectivity index (χ1) is 7.15. The quantitative estimate of drug-likeness (QED) is 0.653. The molecule has 1 saturated heterocycles. The molecular formula is C11H19NO3.